The monoisotopic (exact) mass is 391 g/mol. The molecule has 1 saturated heterocycles. The summed E-state index contributed by atoms with van der Waals surface area (Å²) in [6.07, 6.45) is 0. The van der Waals surface area contributed by atoms with Crippen molar-refractivity contribution in [1.82, 2.24) is 4.67 Å². The van der Waals surface area contributed by atoms with Gasteiger partial charge in [0.05, 0.1) is 14.2 Å². The van der Waals surface area contributed by atoms with Crippen molar-refractivity contribution in [3.63, 3.8) is 0 Å². The van der Waals surface area contributed by atoms with E-state index in [1.807, 2.05) is 57.9 Å². The fraction of sp³-hybridized carbons (Fsp3) is 0.368. The van der Waals surface area contributed by atoms with Crippen LogP contribution in [0, 0.1) is 0 Å². The van der Waals surface area contributed by atoms with Gasteiger partial charge in [-0.15, -0.1) is 0 Å². The van der Waals surface area contributed by atoms with E-state index in [1.165, 1.54) is 7.11 Å². The van der Waals surface area contributed by atoms with Gasteiger partial charge >= 0.3 is 7.67 Å². The van der Waals surface area contributed by atoms with Crippen molar-refractivity contribution >= 4 is 19.0 Å². The van der Waals surface area contributed by atoms with E-state index in [-0.39, 0.29) is 0 Å². The Morgan fingerprint density at radius 1 is 0.926 bits per heavy atom. The summed E-state index contributed by atoms with van der Waals surface area (Å²) < 4.78 is 33.1. The molecule has 2 aromatic rings. The minimum atomic E-state index is -3.08. The lowest BCUT2D eigenvalue weighted by Crippen LogP contribution is -2.25. The first-order valence-corrected chi connectivity index (χ1v) is 10.3. The number of ether oxygens (including phenoxy) is 2. The third-order valence-electron chi connectivity index (χ3n) is 4.63. The van der Waals surface area contributed by atoms with Crippen molar-refractivity contribution in [3.05, 3.63) is 48.5 Å². The molecule has 1 unspecified atom stereocenters. The Hall–Kier alpha value is -2.21. The smallest absolute Gasteiger partial charge is 0.371 e. The first-order valence-electron chi connectivity index (χ1n) is 8.82. The number of hydrogen-bond acceptors (Lipinski definition) is 5. The zero-order chi connectivity index (χ0) is 19.3. The Balaban J connectivity index is 1.62. The molecule has 1 aliphatic heterocycles. The molecule has 7 nitrogen and oxygen atoms in total. The Kier molecular flexibility index (Phi) is 6.26. The number of hydrogen-bond donors (Lipinski definition) is 1. The largest absolute Gasteiger partial charge is 0.497 e. The van der Waals surface area contributed by atoms with E-state index < -0.39 is 7.67 Å². The molecule has 0 aliphatic carbocycles. The molecule has 146 valence electrons. The Morgan fingerprint density at radius 2 is 1.52 bits per heavy atom. The van der Waals surface area contributed by atoms with Gasteiger partial charge in [-0.2, -0.15) is 0 Å². The lowest BCUT2D eigenvalue weighted by atomic mass is 10.3. The first-order chi connectivity index (χ1) is 13.1. The van der Waals surface area contributed by atoms with Crippen LogP contribution in [0.3, 0.4) is 0 Å². The number of nitrogens with zero attached hydrogens (tertiary/aromatic N) is 2. The van der Waals surface area contributed by atoms with Crippen molar-refractivity contribution in [2.45, 2.75) is 0 Å². The lowest BCUT2D eigenvalue weighted by Gasteiger charge is -2.29. The molecule has 0 aromatic heterocycles. The molecule has 0 spiro atoms. The van der Waals surface area contributed by atoms with Gasteiger partial charge in [-0.1, -0.05) is 0 Å². The van der Waals surface area contributed by atoms with Crippen molar-refractivity contribution in [2.24, 2.45) is 0 Å². The van der Waals surface area contributed by atoms with Gasteiger partial charge in [0.25, 0.3) is 0 Å². The van der Waals surface area contributed by atoms with Crippen LogP contribution >= 0.6 is 7.67 Å². The van der Waals surface area contributed by atoms with Crippen LogP contribution in [0.15, 0.2) is 48.5 Å². The third-order valence-corrected chi connectivity index (χ3v) is 7.26. The predicted molar refractivity (Wildman–Crippen MR) is 108 cm³/mol. The normalized spacial score (nSPS) is 19.9. The van der Waals surface area contributed by atoms with Crippen LogP contribution in [0.4, 0.5) is 11.4 Å². The summed E-state index contributed by atoms with van der Waals surface area (Å²) in [6, 6.07) is 15.3. The zero-order valence-corrected chi connectivity index (χ0v) is 16.8. The summed E-state index contributed by atoms with van der Waals surface area (Å²) in [6.45, 7) is 2.61. The van der Waals surface area contributed by atoms with Gasteiger partial charge in [0, 0.05) is 44.7 Å². The Morgan fingerprint density at radius 3 is 2.07 bits per heavy atom. The van der Waals surface area contributed by atoms with Crippen LogP contribution in [-0.4, -0.2) is 52.2 Å². The van der Waals surface area contributed by atoms with E-state index in [0.29, 0.717) is 26.2 Å². The molecule has 1 aliphatic rings. The average molecular weight is 391 g/mol. The summed E-state index contributed by atoms with van der Waals surface area (Å²) in [5.41, 5.74) is 1.86. The molecule has 1 atom stereocenters. The minimum absolute atomic E-state index is 0.615. The maximum Gasteiger partial charge on any atom is 0.371 e. The highest BCUT2D eigenvalue weighted by molar-refractivity contribution is 7.58. The first kappa shape index (κ1) is 19.5. The van der Waals surface area contributed by atoms with E-state index >= 15 is 0 Å². The molecule has 0 radical (unpaired) electrons. The number of methoxy groups -OCH3 is 2. The maximum atomic E-state index is 13.5. The van der Waals surface area contributed by atoms with E-state index in [2.05, 4.69) is 5.32 Å². The van der Waals surface area contributed by atoms with Gasteiger partial charge in [-0.05, 0) is 48.5 Å². The van der Waals surface area contributed by atoms with E-state index in [0.717, 1.165) is 22.9 Å². The Labute approximate surface area is 160 Å². The van der Waals surface area contributed by atoms with Gasteiger partial charge in [0.15, 0.2) is 0 Å². The van der Waals surface area contributed by atoms with Crippen LogP contribution < -0.4 is 19.5 Å². The number of nitrogens with one attached hydrogen (secondary N) is 1. The number of rotatable bonds is 8. The molecule has 0 amide bonds. The SMILES string of the molecule is COc1ccc(NCCN2CCN(c3ccc(OC)cc3)P2(=O)OC)cc1. The molecular formula is C19H26N3O4P. The second kappa shape index (κ2) is 8.65. The van der Waals surface area contributed by atoms with E-state index in [4.69, 9.17) is 14.0 Å². The average Bonchev–Trinajstić information content (AvgIpc) is 3.05. The molecule has 3 rings (SSSR count). The summed E-state index contributed by atoms with van der Waals surface area (Å²) in [7, 11) is 1.69. The number of anilines is 2. The summed E-state index contributed by atoms with van der Waals surface area (Å²) >= 11 is 0. The topological polar surface area (TPSA) is 63.3 Å². The van der Waals surface area contributed by atoms with Crippen LogP contribution in [0.2, 0.25) is 0 Å². The second-order valence-corrected chi connectivity index (χ2v) is 8.50. The highest BCUT2D eigenvalue weighted by Gasteiger charge is 2.43. The van der Waals surface area contributed by atoms with Crippen molar-refractivity contribution in [3.8, 4) is 11.5 Å². The maximum absolute atomic E-state index is 13.5. The van der Waals surface area contributed by atoms with E-state index in [9.17, 15) is 4.57 Å². The quantitative estimate of drug-likeness (QED) is 0.689. The fourth-order valence-corrected chi connectivity index (χ4v) is 5.33. The van der Waals surface area contributed by atoms with Crippen molar-refractivity contribution in [2.75, 3.05) is 57.5 Å². The Bertz CT molecular complexity index is 783. The molecule has 1 N–H and O–H groups in total. The molecule has 2 aromatic carbocycles. The highest BCUT2D eigenvalue weighted by Crippen LogP contribution is 2.58. The number of benzene rings is 2. The van der Waals surface area contributed by atoms with Crippen LogP contribution in [0.1, 0.15) is 0 Å². The second-order valence-electron chi connectivity index (χ2n) is 6.10. The molecule has 1 fully saturated rings. The van der Waals surface area contributed by atoms with Crippen LogP contribution in [0.25, 0.3) is 0 Å². The molecule has 0 bridgehead atoms. The minimum Gasteiger partial charge on any atom is -0.497 e. The van der Waals surface area contributed by atoms with Crippen molar-refractivity contribution in [1.29, 1.82) is 0 Å². The van der Waals surface area contributed by atoms with Crippen LogP contribution in [0.5, 0.6) is 11.5 Å². The van der Waals surface area contributed by atoms with Crippen LogP contribution in [-0.2, 0) is 9.09 Å². The summed E-state index contributed by atoms with van der Waals surface area (Å²) in [5.74, 6) is 1.59. The predicted octanol–water partition coefficient (Wildman–Crippen LogP) is 3.69. The van der Waals surface area contributed by atoms with Gasteiger partial charge in [-0.25, -0.2) is 9.24 Å². The standard InChI is InChI=1S/C19H26N3O4P/c1-24-18-8-4-16(5-9-18)20-12-13-21-14-15-22(27(21,23)26-3)17-6-10-19(25-2)11-7-17/h4-11,20H,12-15H2,1-3H3. The third kappa shape index (κ3) is 4.21. The van der Waals surface area contributed by atoms with Gasteiger partial charge in [0.1, 0.15) is 11.5 Å². The molecule has 8 heteroatoms. The zero-order valence-electron chi connectivity index (χ0n) is 15.9. The summed E-state index contributed by atoms with van der Waals surface area (Å²) in [5, 5.41) is 3.35. The van der Waals surface area contributed by atoms with Gasteiger partial charge in [-0.3, -0.25) is 4.67 Å². The molecule has 1 heterocycles. The molecule has 27 heavy (non-hydrogen) atoms. The van der Waals surface area contributed by atoms with Crippen molar-refractivity contribution < 1.29 is 18.6 Å². The van der Waals surface area contributed by atoms with E-state index in [1.54, 1.807) is 14.2 Å². The summed E-state index contributed by atoms with van der Waals surface area (Å²) in [4.78, 5) is 0. The lowest BCUT2D eigenvalue weighted by molar-refractivity contribution is 0.332. The van der Waals surface area contributed by atoms with Gasteiger partial charge in [0.2, 0.25) is 0 Å². The van der Waals surface area contributed by atoms with Gasteiger partial charge < -0.3 is 19.3 Å². The highest BCUT2D eigenvalue weighted by atomic mass is 31.2. The molecule has 0 saturated carbocycles. The fourth-order valence-electron chi connectivity index (χ4n) is 3.14. The molecular weight excluding hydrogens is 365 g/mol.